The maximum absolute atomic E-state index is 2.72. The number of benzene rings is 4. The first kappa shape index (κ1) is 41.9. The van der Waals surface area contributed by atoms with Gasteiger partial charge in [-0.15, -0.1) is 5.56 Å². The number of hydrogen-bond donors (Lipinski definition) is 0. The van der Waals surface area contributed by atoms with Crippen LogP contribution in [-0.2, 0) is 29.4 Å². The Kier molecular flexibility index (Phi) is 12.5. The smallest absolute Gasteiger partial charge is 0 e. The van der Waals surface area contributed by atoms with Crippen LogP contribution in [0.3, 0.4) is 0 Å². The zero-order valence-corrected chi connectivity index (χ0v) is 39.3. The third-order valence-corrected chi connectivity index (χ3v) is 23.3. The summed E-state index contributed by atoms with van der Waals surface area (Å²) >= 11 is 0. The van der Waals surface area contributed by atoms with Crippen LogP contribution in [-0.4, -0.2) is 11.3 Å². The third kappa shape index (κ3) is 8.30. The van der Waals surface area contributed by atoms with E-state index in [1.165, 1.54) is 34.0 Å². The van der Waals surface area contributed by atoms with Gasteiger partial charge in [-0.05, 0) is 171 Å². The van der Waals surface area contributed by atoms with E-state index in [4.69, 9.17) is 0 Å². The molecule has 8 aliphatic carbocycles. The van der Waals surface area contributed by atoms with Crippen LogP contribution in [0.4, 0.5) is 0 Å². The Hall–Kier alpha value is -3.04. The normalized spacial score (nSPS) is 29.6. The Morgan fingerprint density at radius 2 is 0.885 bits per heavy atom. The zero-order chi connectivity index (χ0) is 40.2. The van der Waals surface area contributed by atoms with Crippen LogP contribution in [0.15, 0.2) is 146 Å². The van der Waals surface area contributed by atoms with E-state index in [9.17, 15) is 0 Å². The van der Waals surface area contributed by atoms with Gasteiger partial charge in [-0.1, -0.05) is 136 Å². The van der Waals surface area contributed by atoms with E-state index in [-0.39, 0.29) is 25.0 Å². The molecule has 0 heterocycles. The molecule has 320 valence electrons. The molecule has 0 N–H and O–H groups in total. The molecule has 14 rings (SSSR count). The summed E-state index contributed by atoms with van der Waals surface area (Å²) in [5.74, 6) is 8.18. The molecule has 0 nitrogen and oxygen atoms in total. The van der Waals surface area contributed by atoms with Gasteiger partial charge in [0.2, 0.25) is 0 Å². The molecule has 0 unspecified atom stereocenters. The molecule has 8 saturated carbocycles. The van der Waals surface area contributed by atoms with E-state index in [0.717, 1.165) is 64.8 Å². The van der Waals surface area contributed by atoms with Crippen molar-refractivity contribution in [2.75, 3.05) is 0 Å². The summed E-state index contributed by atoms with van der Waals surface area (Å²) in [5, 5.41) is 3.12. The Labute approximate surface area is 380 Å². The number of rotatable bonds is 10. The Morgan fingerprint density at radius 1 is 0.492 bits per heavy atom. The number of hydrogen-bond acceptors (Lipinski definition) is 0. The van der Waals surface area contributed by atoms with Gasteiger partial charge in [0.1, 0.15) is 0 Å². The zero-order valence-electron chi connectivity index (χ0n) is 36.4. The van der Waals surface area contributed by atoms with E-state index in [2.05, 4.69) is 129 Å². The third-order valence-electron chi connectivity index (χ3n) is 16.6. The largest absolute Gasteiger partial charge is 0.748 e. The molecule has 0 spiro atoms. The molecule has 0 aromatic heterocycles. The molecule has 8 fully saturated rings. The first-order valence-electron chi connectivity index (χ1n) is 23.8. The molecule has 61 heavy (non-hydrogen) atoms. The van der Waals surface area contributed by atoms with Crippen molar-refractivity contribution in [1.82, 2.24) is 0 Å². The minimum Gasteiger partial charge on any atom is -0.748 e. The van der Waals surface area contributed by atoms with Crippen molar-refractivity contribution >= 4 is 26.5 Å². The Balaban J connectivity index is 0.000000695. The van der Waals surface area contributed by atoms with Gasteiger partial charge in [0.05, 0.1) is 0 Å². The molecule has 8 aliphatic rings. The van der Waals surface area contributed by atoms with Crippen LogP contribution < -0.4 is 10.6 Å². The van der Waals surface area contributed by atoms with Gasteiger partial charge in [0.15, 0.2) is 0 Å². The molecular weight excluding hydrogens is 814 g/mol. The molecule has 6 aromatic carbocycles. The Bertz CT molecular complexity index is 2200. The summed E-state index contributed by atoms with van der Waals surface area (Å²) < 4.78 is 0. The van der Waals surface area contributed by atoms with Crippen LogP contribution in [0.2, 0.25) is 0 Å². The molecule has 0 atom stereocenters. The predicted molar refractivity (Wildman–Crippen MR) is 259 cm³/mol. The standard InChI is InChI=1S/C53H59P2.C5H5.Fe/c1-34-13-9-11-19-49(34)54(50-20-12-10-14-35(50)2)32-46-31-47(40-15-5-3-6-16-40)51(41-17-7-4-8-18-41)48(46)33-55(52-42-23-36-21-37(25-42)26-43(52)24-36)53-44-27-38-22-39(29-44)30-45(53)28-38;1-2-4-5-3-1;/h3-20,31,36-39,42-45,52-53H,21-30,32-33H2,1-2H3;1-5H;/q-1;-5;. The van der Waals surface area contributed by atoms with Gasteiger partial charge in [-0.25, -0.2) is 0 Å². The van der Waals surface area contributed by atoms with Crippen molar-refractivity contribution in [2.24, 2.45) is 47.3 Å². The van der Waals surface area contributed by atoms with Gasteiger partial charge in [0.25, 0.3) is 0 Å². The molecule has 8 bridgehead atoms. The molecule has 0 radical (unpaired) electrons. The molecule has 0 aliphatic heterocycles. The van der Waals surface area contributed by atoms with Crippen molar-refractivity contribution in [3.05, 3.63) is 168 Å². The fourth-order valence-corrected chi connectivity index (χ4v) is 22.2. The minimum atomic E-state index is -0.588. The number of aryl methyl sites for hydroxylation is 2. The second-order valence-corrected chi connectivity index (χ2v) is 25.0. The van der Waals surface area contributed by atoms with Gasteiger partial charge >= 0.3 is 0 Å². The summed E-state index contributed by atoms with van der Waals surface area (Å²) in [6.45, 7) is 4.72. The van der Waals surface area contributed by atoms with Gasteiger partial charge in [-0.2, -0.15) is 22.8 Å². The van der Waals surface area contributed by atoms with Crippen LogP contribution in [0.1, 0.15) is 86.5 Å². The second-order valence-electron chi connectivity index (χ2n) is 20.3. The van der Waals surface area contributed by atoms with E-state index in [1.807, 2.05) is 30.3 Å². The van der Waals surface area contributed by atoms with E-state index < -0.39 is 7.92 Å². The topological polar surface area (TPSA) is 0 Å². The second kappa shape index (κ2) is 18.2. The Morgan fingerprint density at radius 3 is 1.31 bits per heavy atom. The first-order chi connectivity index (χ1) is 29.5. The van der Waals surface area contributed by atoms with E-state index in [1.54, 1.807) is 91.5 Å². The summed E-state index contributed by atoms with van der Waals surface area (Å²) in [5.41, 5.74) is 14.2. The molecule has 3 heteroatoms. The molecule has 0 amide bonds. The van der Waals surface area contributed by atoms with E-state index in [0.29, 0.717) is 0 Å². The summed E-state index contributed by atoms with van der Waals surface area (Å²) in [6.07, 6.45) is 18.1. The summed E-state index contributed by atoms with van der Waals surface area (Å²) in [7, 11) is -0.742. The average molecular weight is 879 g/mol. The van der Waals surface area contributed by atoms with Crippen molar-refractivity contribution in [3.63, 3.8) is 0 Å². The van der Waals surface area contributed by atoms with Gasteiger partial charge < -0.3 is 30.3 Å². The predicted octanol–water partition coefficient (Wildman–Crippen LogP) is 15.0. The maximum Gasteiger partial charge on any atom is 0 e. The monoisotopic (exact) mass is 878 g/mol. The van der Waals surface area contributed by atoms with Gasteiger partial charge in [-0.3, -0.25) is 0 Å². The van der Waals surface area contributed by atoms with E-state index >= 15 is 0 Å². The van der Waals surface area contributed by atoms with Crippen molar-refractivity contribution < 1.29 is 17.1 Å². The fourth-order valence-electron chi connectivity index (χ4n) is 14.8. The SMILES string of the molecule is Cc1ccccc1P(C[c-]1cc(-c2ccccc2)c(-c2ccccc2)c1CP(C1C2CC3CC(C2)CC1C3)C1C2CC3CC(C2)CC1C3)c1ccccc1C.[Fe].[cH-]1[cH-][cH-][cH-][cH-]1. The minimum absolute atomic E-state index is 0. The van der Waals surface area contributed by atoms with Crippen molar-refractivity contribution in [2.45, 2.75) is 102 Å². The maximum atomic E-state index is 2.72. The molecule has 0 saturated heterocycles. The quantitative estimate of drug-likeness (QED) is 0.0731. The summed E-state index contributed by atoms with van der Waals surface area (Å²) in [6, 6.07) is 54.6. The van der Waals surface area contributed by atoms with Crippen molar-refractivity contribution in [1.29, 1.82) is 0 Å². The first-order valence-corrected chi connectivity index (χ1v) is 27.0. The van der Waals surface area contributed by atoms with Crippen LogP contribution in [0.25, 0.3) is 22.3 Å². The molecular formula is C58H64FeP2-6. The van der Waals surface area contributed by atoms with Crippen LogP contribution >= 0.6 is 15.8 Å². The van der Waals surface area contributed by atoms with Crippen molar-refractivity contribution in [3.8, 4) is 22.3 Å². The van der Waals surface area contributed by atoms with Gasteiger partial charge in [0, 0.05) is 17.1 Å². The summed E-state index contributed by atoms with van der Waals surface area (Å²) in [4.78, 5) is 0. The molecule has 6 aromatic rings. The fraction of sp³-hybridized carbons (Fsp3) is 0.414. The average Bonchev–Trinajstić information content (AvgIpc) is 3.96. The van der Waals surface area contributed by atoms with Crippen LogP contribution in [0, 0.1) is 61.2 Å². The van der Waals surface area contributed by atoms with Crippen LogP contribution in [0.5, 0.6) is 0 Å².